The lowest BCUT2D eigenvalue weighted by atomic mass is 10.1. The quantitative estimate of drug-likeness (QED) is 0.797. The Kier molecular flexibility index (Phi) is 5.62. The molecule has 0 saturated carbocycles. The molecule has 0 radical (unpaired) electrons. The topological polar surface area (TPSA) is 74.4 Å². The summed E-state index contributed by atoms with van der Waals surface area (Å²) in [7, 11) is 1.32. The number of hydrogen-bond donors (Lipinski definition) is 1. The van der Waals surface area contributed by atoms with Crippen molar-refractivity contribution in [2.45, 2.75) is 26.3 Å². The van der Waals surface area contributed by atoms with Gasteiger partial charge in [-0.2, -0.15) is 0 Å². The van der Waals surface area contributed by atoms with Gasteiger partial charge in [-0.05, 0) is 6.92 Å². The number of nitrogens with zero attached hydrogens (tertiary/aromatic N) is 1. The number of carbonyl (C=O) groups is 1. The monoisotopic (exact) mass is 274 g/mol. The highest BCUT2D eigenvalue weighted by molar-refractivity contribution is 5.73. The fourth-order valence-corrected chi connectivity index (χ4v) is 1.70. The number of methoxy groups -OCH3 is 1. The van der Waals surface area contributed by atoms with Gasteiger partial charge < -0.3 is 15.2 Å². The van der Waals surface area contributed by atoms with Crippen LogP contribution >= 0.6 is 0 Å². The number of pyridine rings is 1. The van der Waals surface area contributed by atoms with Crippen molar-refractivity contribution < 1.29 is 23.0 Å². The molecule has 1 aromatic heterocycles. The fourth-order valence-electron chi connectivity index (χ4n) is 1.70. The predicted octanol–water partition coefficient (Wildman–Crippen LogP) is 1.59. The third-order valence-electron chi connectivity index (χ3n) is 2.50. The Balaban J connectivity index is 3.16. The van der Waals surface area contributed by atoms with Gasteiger partial charge in [0.2, 0.25) is 0 Å². The van der Waals surface area contributed by atoms with Crippen LogP contribution in [0.3, 0.4) is 0 Å². The van der Waals surface area contributed by atoms with Crippen LogP contribution in [0.15, 0.2) is 6.20 Å². The van der Waals surface area contributed by atoms with Crippen molar-refractivity contribution in [1.29, 1.82) is 0 Å². The maximum absolute atomic E-state index is 12.8. The van der Waals surface area contributed by atoms with Crippen LogP contribution in [-0.2, 0) is 22.5 Å². The molecule has 0 amide bonds. The van der Waals surface area contributed by atoms with Crippen LogP contribution in [0.25, 0.3) is 0 Å². The first-order chi connectivity index (χ1) is 9.04. The molecular formula is C12H16F2N2O3. The maximum atomic E-state index is 12.8. The molecule has 0 bridgehead atoms. The number of nitrogens with two attached hydrogens (primary N) is 1. The Hall–Kier alpha value is -1.76. The van der Waals surface area contributed by atoms with Crippen LogP contribution in [0.4, 0.5) is 8.78 Å². The normalized spacial score (nSPS) is 10.6. The molecule has 1 heterocycles. The number of halogens is 2. The van der Waals surface area contributed by atoms with Gasteiger partial charge in [0, 0.05) is 23.9 Å². The molecule has 0 aliphatic carbocycles. The number of hydrogen-bond acceptors (Lipinski definition) is 5. The van der Waals surface area contributed by atoms with E-state index in [4.69, 9.17) is 15.2 Å². The first-order valence-corrected chi connectivity index (χ1v) is 5.73. The summed E-state index contributed by atoms with van der Waals surface area (Å²) in [6.07, 6.45) is -1.83. The standard InChI is InChI=1S/C12H16F2N2O3/c1-3-19-10(17)4-9-11(18-2)7(5-15)8(6-16-9)12(13)14/h6,12H,3-5,15H2,1-2H3. The highest BCUT2D eigenvalue weighted by Gasteiger charge is 2.21. The van der Waals surface area contributed by atoms with Gasteiger partial charge in [-0.3, -0.25) is 9.78 Å². The molecule has 0 atom stereocenters. The molecule has 5 nitrogen and oxygen atoms in total. The SMILES string of the molecule is CCOC(=O)Cc1ncc(C(F)F)c(CN)c1OC. The zero-order chi connectivity index (χ0) is 14.4. The lowest BCUT2D eigenvalue weighted by Gasteiger charge is -2.15. The van der Waals surface area contributed by atoms with Gasteiger partial charge >= 0.3 is 5.97 Å². The van der Waals surface area contributed by atoms with E-state index in [1.807, 2.05) is 0 Å². The van der Waals surface area contributed by atoms with Crippen molar-refractivity contribution in [3.05, 3.63) is 23.0 Å². The van der Waals surface area contributed by atoms with Gasteiger partial charge in [-0.1, -0.05) is 0 Å². The summed E-state index contributed by atoms with van der Waals surface area (Å²) in [5.41, 5.74) is 5.58. The maximum Gasteiger partial charge on any atom is 0.312 e. The Morgan fingerprint density at radius 3 is 2.68 bits per heavy atom. The second-order valence-electron chi connectivity index (χ2n) is 3.66. The molecule has 7 heteroatoms. The summed E-state index contributed by atoms with van der Waals surface area (Å²) in [6, 6.07) is 0. The highest BCUT2D eigenvalue weighted by Crippen LogP contribution is 2.31. The van der Waals surface area contributed by atoms with Gasteiger partial charge in [-0.25, -0.2) is 8.78 Å². The Morgan fingerprint density at radius 1 is 1.53 bits per heavy atom. The van der Waals surface area contributed by atoms with Crippen LogP contribution < -0.4 is 10.5 Å². The molecule has 0 fully saturated rings. The van der Waals surface area contributed by atoms with Gasteiger partial charge in [-0.15, -0.1) is 0 Å². The molecular weight excluding hydrogens is 258 g/mol. The molecule has 0 spiro atoms. The van der Waals surface area contributed by atoms with Crippen molar-refractivity contribution in [1.82, 2.24) is 4.98 Å². The second-order valence-corrected chi connectivity index (χ2v) is 3.66. The summed E-state index contributed by atoms with van der Waals surface area (Å²) in [5, 5.41) is 0. The van der Waals surface area contributed by atoms with Gasteiger partial charge in [0.1, 0.15) is 5.75 Å². The molecule has 1 rings (SSSR count). The largest absolute Gasteiger partial charge is 0.494 e. The summed E-state index contributed by atoms with van der Waals surface area (Å²) in [5.74, 6) is -0.380. The first-order valence-electron chi connectivity index (χ1n) is 5.73. The van der Waals surface area contributed by atoms with Crippen LogP contribution in [0.1, 0.15) is 30.2 Å². The smallest absolute Gasteiger partial charge is 0.312 e. The zero-order valence-corrected chi connectivity index (χ0v) is 10.8. The van der Waals surface area contributed by atoms with Crippen molar-refractivity contribution in [2.24, 2.45) is 5.73 Å². The second kappa shape index (κ2) is 6.98. The lowest BCUT2D eigenvalue weighted by Crippen LogP contribution is -2.13. The van der Waals surface area contributed by atoms with E-state index < -0.39 is 12.4 Å². The molecule has 106 valence electrons. The Morgan fingerprint density at radius 2 is 2.21 bits per heavy atom. The van der Waals surface area contributed by atoms with Crippen LogP contribution in [0.2, 0.25) is 0 Å². The van der Waals surface area contributed by atoms with Gasteiger partial charge in [0.15, 0.2) is 0 Å². The van der Waals surface area contributed by atoms with Crippen molar-refractivity contribution in [3.63, 3.8) is 0 Å². The van der Waals surface area contributed by atoms with E-state index in [1.54, 1.807) is 6.92 Å². The summed E-state index contributed by atoms with van der Waals surface area (Å²) < 4.78 is 35.4. The molecule has 0 aromatic carbocycles. The van der Waals surface area contributed by atoms with E-state index in [0.717, 1.165) is 6.20 Å². The molecule has 0 unspecified atom stereocenters. The molecule has 0 aliphatic rings. The van der Waals surface area contributed by atoms with Crippen LogP contribution in [0, 0.1) is 0 Å². The lowest BCUT2D eigenvalue weighted by molar-refractivity contribution is -0.142. The molecule has 0 aliphatic heterocycles. The number of carbonyl (C=O) groups excluding carboxylic acids is 1. The van der Waals surface area contributed by atoms with E-state index >= 15 is 0 Å². The summed E-state index contributed by atoms with van der Waals surface area (Å²) in [6.45, 7) is 1.79. The predicted molar refractivity (Wildman–Crippen MR) is 64.0 cm³/mol. The van der Waals surface area contributed by atoms with E-state index in [1.165, 1.54) is 7.11 Å². The number of esters is 1. The van der Waals surface area contributed by atoms with Gasteiger partial charge in [0.25, 0.3) is 6.43 Å². The van der Waals surface area contributed by atoms with Crippen LogP contribution in [0.5, 0.6) is 5.75 Å². The number of alkyl halides is 2. The van der Waals surface area contributed by atoms with Crippen molar-refractivity contribution in [3.8, 4) is 5.75 Å². The average Bonchev–Trinajstić information content (AvgIpc) is 2.37. The minimum atomic E-state index is -2.70. The molecule has 2 N–H and O–H groups in total. The van der Waals surface area contributed by atoms with Gasteiger partial charge in [0.05, 0.1) is 25.8 Å². The van der Waals surface area contributed by atoms with E-state index in [-0.39, 0.29) is 42.1 Å². The number of rotatable bonds is 6. The van der Waals surface area contributed by atoms with E-state index in [0.29, 0.717) is 0 Å². The van der Waals surface area contributed by atoms with Crippen molar-refractivity contribution in [2.75, 3.05) is 13.7 Å². The first kappa shape index (κ1) is 15.3. The van der Waals surface area contributed by atoms with E-state index in [2.05, 4.69) is 4.98 Å². The molecule has 19 heavy (non-hydrogen) atoms. The number of ether oxygens (including phenoxy) is 2. The summed E-state index contributed by atoms with van der Waals surface area (Å²) >= 11 is 0. The number of aromatic nitrogens is 1. The molecule has 1 aromatic rings. The Bertz CT molecular complexity index is 453. The molecule has 0 saturated heterocycles. The minimum absolute atomic E-state index is 0.119. The Labute approximate surface area is 109 Å². The zero-order valence-electron chi connectivity index (χ0n) is 10.8. The third kappa shape index (κ3) is 3.60. The fraction of sp³-hybridized carbons (Fsp3) is 0.500. The average molecular weight is 274 g/mol. The van der Waals surface area contributed by atoms with E-state index in [9.17, 15) is 13.6 Å². The minimum Gasteiger partial charge on any atom is -0.494 e. The third-order valence-corrected chi connectivity index (χ3v) is 2.50. The van der Waals surface area contributed by atoms with Crippen LogP contribution in [-0.4, -0.2) is 24.7 Å². The summed E-state index contributed by atoms with van der Waals surface area (Å²) in [4.78, 5) is 15.2. The van der Waals surface area contributed by atoms with Crippen molar-refractivity contribution >= 4 is 5.97 Å². The highest BCUT2D eigenvalue weighted by atomic mass is 19.3.